The average molecular weight is 335 g/mol. The molecule has 23 heavy (non-hydrogen) atoms. The monoisotopic (exact) mass is 335 g/mol. The van der Waals surface area contributed by atoms with Crippen LogP contribution < -0.4 is 14.2 Å². The second-order valence-corrected chi connectivity index (χ2v) is 6.50. The summed E-state index contributed by atoms with van der Waals surface area (Å²) in [4.78, 5) is 12.2. The van der Waals surface area contributed by atoms with Crippen molar-refractivity contribution in [1.82, 2.24) is 4.72 Å². The van der Waals surface area contributed by atoms with Crippen LogP contribution in [0.5, 0.6) is 11.5 Å². The SMILES string of the molecule is COc1cc(OC)cc(C(=O)NS(=O)(=O)Cc2ccccc2)c1. The van der Waals surface area contributed by atoms with Crippen molar-refractivity contribution in [2.24, 2.45) is 0 Å². The van der Waals surface area contributed by atoms with Gasteiger partial charge in [-0.25, -0.2) is 13.1 Å². The normalized spacial score (nSPS) is 10.9. The van der Waals surface area contributed by atoms with Crippen LogP contribution in [0.25, 0.3) is 0 Å². The maximum atomic E-state index is 12.2. The van der Waals surface area contributed by atoms with E-state index in [1.807, 2.05) is 4.72 Å². The summed E-state index contributed by atoms with van der Waals surface area (Å²) in [6.07, 6.45) is 0. The predicted octanol–water partition coefficient (Wildman–Crippen LogP) is 1.96. The number of hydrogen-bond acceptors (Lipinski definition) is 5. The minimum absolute atomic E-state index is 0.137. The summed E-state index contributed by atoms with van der Waals surface area (Å²) in [7, 11) is -0.908. The zero-order valence-corrected chi connectivity index (χ0v) is 13.6. The first-order chi connectivity index (χ1) is 10.9. The third kappa shape index (κ3) is 4.72. The van der Waals surface area contributed by atoms with E-state index in [0.29, 0.717) is 17.1 Å². The van der Waals surface area contributed by atoms with Gasteiger partial charge in [-0.1, -0.05) is 30.3 Å². The first kappa shape index (κ1) is 16.8. The van der Waals surface area contributed by atoms with Gasteiger partial charge in [0.15, 0.2) is 0 Å². The zero-order valence-electron chi connectivity index (χ0n) is 12.8. The Kier molecular flexibility index (Phi) is 5.23. The minimum Gasteiger partial charge on any atom is -0.497 e. The first-order valence-corrected chi connectivity index (χ1v) is 8.40. The van der Waals surface area contributed by atoms with Crippen molar-refractivity contribution in [1.29, 1.82) is 0 Å². The maximum absolute atomic E-state index is 12.2. The van der Waals surface area contributed by atoms with Gasteiger partial charge in [0, 0.05) is 11.6 Å². The summed E-state index contributed by atoms with van der Waals surface area (Å²) in [5.41, 5.74) is 0.730. The number of carbonyl (C=O) groups excluding carboxylic acids is 1. The second-order valence-electron chi connectivity index (χ2n) is 4.78. The highest BCUT2D eigenvalue weighted by Gasteiger charge is 2.18. The summed E-state index contributed by atoms with van der Waals surface area (Å²) < 4.78 is 36.4. The number of nitrogens with one attached hydrogen (secondary N) is 1. The molecule has 0 bridgehead atoms. The van der Waals surface area contributed by atoms with Crippen LogP contribution in [0.2, 0.25) is 0 Å². The lowest BCUT2D eigenvalue weighted by molar-refractivity contribution is 0.0980. The van der Waals surface area contributed by atoms with Crippen molar-refractivity contribution in [3.63, 3.8) is 0 Å². The molecular weight excluding hydrogens is 318 g/mol. The summed E-state index contributed by atoms with van der Waals surface area (Å²) >= 11 is 0. The Morgan fingerprint density at radius 2 is 1.57 bits per heavy atom. The standard InChI is InChI=1S/C16H17NO5S/c1-21-14-8-13(9-15(10-14)22-2)16(18)17-23(19,20)11-12-6-4-3-5-7-12/h3-10H,11H2,1-2H3,(H,17,18). The van der Waals surface area contributed by atoms with E-state index in [4.69, 9.17) is 9.47 Å². The molecule has 2 aromatic carbocycles. The van der Waals surface area contributed by atoms with Crippen molar-refractivity contribution in [2.75, 3.05) is 14.2 Å². The fourth-order valence-electron chi connectivity index (χ4n) is 1.97. The third-order valence-electron chi connectivity index (χ3n) is 3.06. The Morgan fingerprint density at radius 3 is 2.09 bits per heavy atom. The molecule has 0 radical (unpaired) electrons. The van der Waals surface area contributed by atoms with Gasteiger partial charge < -0.3 is 9.47 Å². The molecule has 0 aliphatic heterocycles. The zero-order chi connectivity index (χ0) is 16.9. The van der Waals surface area contributed by atoms with Crippen LogP contribution in [0.3, 0.4) is 0 Å². The van der Waals surface area contributed by atoms with Crippen LogP contribution in [0.15, 0.2) is 48.5 Å². The van der Waals surface area contributed by atoms with Gasteiger partial charge in [-0.05, 0) is 17.7 Å². The highest BCUT2D eigenvalue weighted by Crippen LogP contribution is 2.22. The number of ether oxygens (including phenoxy) is 2. The van der Waals surface area contributed by atoms with Crippen molar-refractivity contribution in [3.05, 3.63) is 59.7 Å². The Morgan fingerprint density at radius 1 is 1.00 bits per heavy atom. The molecule has 7 heteroatoms. The number of benzene rings is 2. The second kappa shape index (κ2) is 7.15. The molecule has 2 aromatic rings. The van der Waals surface area contributed by atoms with Crippen LogP contribution >= 0.6 is 0 Å². The van der Waals surface area contributed by atoms with E-state index in [0.717, 1.165) is 0 Å². The van der Waals surface area contributed by atoms with Gasteiger partial charge in [-0.2, -0.15) is 0 Å². The van der Waals surface area contributed by atoms with Gasteiger partial charge in [0.1, 0.15) is 11.5 Å². The molecule has 0 aliphatic rings. The Balaban J connectivity index is 2.18. The molecule has 0 spiro atoms. The lowest BCUT2D eigenvalue weighted by Gasteiger charge is -2.10. The molecule has 122 valence electrons. The van der Waals surface area contributed by atoms with Crippen LogP contribution in [-0.2, 0) is 15.8 Å². The smallest absolute Gasteiger partial charge is 0.265 e. The molecule has 0 aliphatic carbocycles. The fourth-order valence-corrected chi connectivity index (χ4v) is 3.07. The molecule has 0 saturated heterocycles. The van der Waals surface area contributed by atoms with Gasteiger partial charge in [0.2, 0.25) is 10.0 Å². The number of hydrogen-bond donors (Lipinski definition) is 1. The number of methoxy groups -OCH3 is 2. The van der Waals surface area contributed by atoms with E-state index in [9.17, 15) is 13.2 Å². The van der Waals surface area contributed by atoms with E-state index in [-0.39, 0.29) is 11.3 Å². The van der Waals surface area contributed by atoms with E-state index in [1.165, 1.54) is 26.4 Å². The summed E-state index contributed by atoms with van der Waals surface area (Å²) in [5.74, 6) is -0.219. The maximum Gasteiger partial charge on any atom is 0.265 e. The van der Waals surface area contributed by atoms with Crippen molar-refractivity contribution >= 4 is 15.9 Å². The quantitative estimate of drug-likeness (QED) is 0.873. The average Bonchev–Trinajstić information content (AvgIpc) is 2.54. The summed E-state index contributed by atoms with van der Waals surface area (Å²) in [6, 6.07) is 13.1. The first-order valence-electron chi connectivity index (χ1n) is 6.75. The fraction of sp³-hybridized carbons (Fsp3) is 0.188. The molecule has 0 atom stereocenters. The third-order valence-corrected chi connectivity index (χ3v) is 4.27. The van der Waals surface area contributed by atoms with Crippen LogP contribution in [0.1, 0.15) is 15.9 Å². The predicted molar refractivity (Wildman–Crippen MR) is 86.1 cm³/mol. The van der Waals surface area contributed by atoms with Crippen LogP contribution in [-0.4, -0.2) is 28.5 Å². The molecule has 2 rings (SSSR count). The molecule has 0 saturated carbocycles. The molecule has 1 amide bonds. The van der Waals surface area contributed by atoms with Gasteiger partial charge in [-0.3, -0.25) is 4.79 Å². The molecule has 6 nitrogen and oxygen atoms in total. The van der Waals surface area contributed by atoms with Crippen molar-refractivity contribution < 1.29 is 22.7 Å². The molecule has 0 unspecified atom stereocenters. The molecule has 0 fully saturated rings. The van der Waals surface area contributed by atoms with E-state index in [1.54, 1.807) is 36.4 Å². The molecular formula is C16H17NO5S. The van der Waals surface area contributed by atoms with Crippen molar-refractivity contribution in [3.8, 4) is 11.5 Å². The van der Waals surface area contributed by atoms with Gasteiger partial charge in [0.05, 0.1) is 20.0 Å². The van der Waals surface area contributed by atoms with Gasteiger partial charge >= 0.3 is 0 Å². The highest BCUT2D eigenvalue weighted by molar-refractivity contribution is 7.89. The topological polar surface area (TPSA) is 81.7 Å². The summed E-state index contributed by atoms with van der Waals surface area (Å²) in [6.45, 7) is 0. The number of rotatable bonds is 6. The molecule has 1 N–H and O–H groups in total. The Bertz CT molecular complexity index is 765. The summed E-state index contributed by atoms with van der Waals surface area (Å²) in [5, 5.41) is 0. The van der Waals surface area contributed by atoms with Crippen molar-refractivity contribution in [2.45, 2.75) is 5.75 Å². The minimum atomic E-state index is -3.80. The highest BCUT2D eigenvalue weighted by atomic mass is 32.2. The lowest BCUT2D eigenvalue weighted by atomic mass is 10.2. The number of carbonyl (C=O) groups is 1. The largest absolute Gasteiger partial charge is 0.497 e. The lowest BCUT2D eigenvalue weighted by Crippen LogP contribution is -2.31. The number of sulfonamides is 1. The molecule has 0 aromatic heterocycles. The van der Waals surface area contributed by atoms with E-state index in [2.05, 4.69) is 0 Å². The number of amides is 1. The molecule has 0 heterocycles. The van der Waals surface area contributed by atoms with Crippen LogP contribution in [0.4, 0.5) is 0 Å². The van der Waals surface area contributed by atoms with Gasteiger partial charge in [0.25, 0.3) is 5.91 Å². The van der Waals surface area contributed by atoms with E-state index >= 15 is 0 Å². The van der Waals surface area contributed by atoms with Crippen LogP contribution in [0, 0.1) is 0 Å². The van der Waals surface area contributed by atoms with E-state index < -0.39 is 15.9 Å². The Labute approximate surface area is 135 Å². The Hall–Kier alpha value is -2.54. The van der Waals surface area contributed by atoms with Gasteiger partial charge in [-0.15, -0.1) is 0 Å².